The zero-order valence-corrected chi connectivity index (χ0v) is 18.1. The van der Waals surface area contributed by atoms with E-state index in [1.807, 2.05) is 20.8 Å². The minimum atomic E-state index is -4.35. The Morgan fingerprint density at radius 2 is 1.18 bits per heavy atom. The number of hydrogen-bond donors (Lipinski definition) is 2. The molecule has 0 radical (unpaired) electrons. The Labute approximate surface area is 168 Å². The highest BCUT2D eigenvalue weighted by Gasteiger charge is 2.55. The summed E-state index contributed by atoms with van der Waals surface area (Å²) in [4.78, 5) is -0.161. The topological polar surface area (TPSA) is 106 Å². The Morgan fingerprint density at radius 1 is 0.786 bits per heavy atom. The monoisotopic (exact) mass is 424 g/mol. The molecule has 8 heteroatoms. The predicted octanol–water partition coefficient (Wildman–Crippen LogP) is 3.25. The van der Waals surface area contributed by atoms with Crippen LogP contribution in [0.2, 0.25) is 0 Å². The number of rotatable bonds is 9. The van der Waals surface area contributed by atoms with E-state index >= 15 is 0 Å². The van der Waals surface area contributed by atoms with Crippen molar-refractivity contribution in [1.82, 2.24) is 5.43 Å². The van der Waals surface area contributed by atoms with Crippen LogP contribution in [0.15, 0.2) is 58.3 Å². The molecule has 2 rings (SSSR count). The maximum absolute atomic E-state index is 13.6. The molecule has 6 nitrogen and oxygen atoms in total. The summed E-state index contributed by atoms with van der Waals surface area (Å²) < 4.78 is 51.9. The lowest BCUT2D eigenvalue weighted by molar-refractivity contribution is 0.462. The summed E-state index contributed by atoms with van der Waals surface area (Å²) >= 11 is 0. The van der Waals surface area contributed by atoms with Gasteiger partial charge in [0.15, 0.2) is 0 Å². The van der Waals surface area contributed by atoms with Gasteiger partial charge in [0.25, 0.3) is 0 Å². The summed E-state index contributed by atoms with van der Waals surface area (Å²) in [5.74, 6) is 5.69. The second kappa shape index (κ2) is 8.73. The molecule has 2 aromatic rings. The molecule has 2 aromatic carbocycles. The molecule has 0 fully saturated rings. The van der Waals surface area contributed by atoms with Gasteiger partial charge in [-0.05, 0) is 51.0 Å². The van der Waals surface area contributed by atoms with E-state index in [1.54, 1.807) is 24.3 Å². The van der Waals surface area contributed by atoms with Gasteiger partial charge in [-0.25, -0.2) is 22.3 Å². The molecule has 0 amide bonds. The molecule has 154 valence electrons. The van der Waals surface area contributed by atoms with Crippen LogP contribution >= 0.6 is 0 Å². The van der Waals surface area contributed by atoms with E-state index in [0.717, 1.165) is 17.5 Å². The van der Waals surface area contributed by atoms with Crippen molar-refractivity contribution in [2.45, 2.75) is 60.4 Å². The van der Waals surface area contributed by atoms with Crippen molar-refractivity contribution in [3.8, 4) is 0 Å². The van der Waals surface area contributed by atoms with E-state index in [1.165, 1.54) is 24.3 Å². The van der Waals surface area contributed by atoms with Crippen molar-refractivity contribution >= 4 is 19.7 Å². The van der Waals surface area contributed by atoms with Crippen LogP contribution in [0.3, 0.4) is 0 Å². The molecular weight excluding hydrogens is 396 g/mol. The first-order chi connectivity index (χ1) is 13.1. The summed E-state index contributed by atoms with van der Waals surface area (Å²) in [5.41, 5.74) is 3.95. The molecule has 0 saturated carbocycles. The molecule has 0 aromatic heterocycles. The van der Waals surface area contributed by atoms with Gasteiger partial charge in [-0.3, -0.25) is 5.84 Å². The van der Waals surface area contributed by atoms with Gasteiger partial charge in [0.2, 0.25) is 23.9 Å². The van der Waals surface area contributed by atoms with Crippen LogP contribution in [0.1, 0.15) is 43.7 Å². The highest BCUT2D eigenvalue weighted by Crippen LogP contribution is 2.37. The van der Waals surface area contributed by atoms with Crippen molar-refractivity contribution in [2.75, 3.05) is 0 Å². The molecule has 0 unspecified atom stereocenters. The molecule has 0 heterocycles. The lowest BCUT2D eigenvalue weighted by atomic mass is 10.2. The Kier molecular flexibility index (Phi) is 7.03. The lowest BCUT2D eigenvalue weighted by Crippen LogP contribution is -2.60. The predicted molar refractivity (Wildman–Crippen MR) is 111 cm³/mol. The lowest BCUT2D eigenvalue weighted by Gasteiger charge is -2.32. The van der Waals surface area contributed by atoms with E-state index in [-0.39, 0.29) is 16.2 Å². The molecule has 0 saturated heterocycles. The van der Waals surface area contributed by atoms with Gasteiger partial charge in [0, 0.05) is 0 Å². The maximum atomic E-state index is 13.6. The van der Waals surface area contributed by atoms with E-state index in [9.17, 15) is 16.8 Å². The number of benzene rings is 2. The van der Waals surface area contributed by atoms with Crippen molar-refractivity contribution < 1.29 is 16.8 Å². The number of nitrogens with one attached hydrogen (secondary N) is 1. The molecule has 0 aliphatic carbocycles. The molecule has 0 aliphatic heterocycles. The quantitative estimate of drug-likeness (QED) is 0.364. The van der Waals surface area contributed by atoms with Gasteiger partial charge in [0.1, 0.15) is 0 Å². The van der Waals surface area contributed by atoms with E-state index in [2.05, 4.69) is 5.43 Å². The van der Waals surface area contributed by atoms with E-state index in [0.29, 0.717) is 12.8 Å². The summed E-state index contributed by atoms with van der Waals surface area (Å²) in [6.45, 7) is 5.62. The van der Waals surface area contributed by atoms with Crippen LogP contribution in [-0.4, -0.2) is 21.0 Å². The van der Waals surface area contributed by atoms with Crippen LogP contribution in [0.5, 0.6) is 0 Å². The highest BCUT2D eigenvalue weighted by atomic mass is 32.3. The molecule has 0 bridgehead atoms. The maximum Gasteiger partial charge on any atom is 0.244 e. The molecule has 3 N–H and O–H groups in total. The first-order valence-electron chi connectivity index (χ1n) is 9.23. The molecule has 28 heavy (non-hydrogen) atoms. The van der Waals surface area contributed by atoms with Crippen molar-refractivity contribution in [3.63, 3.8) is 0 Å². The Morgan fingerprint density at radius 3 is 1.50 bits per heavy atom. The first kappa shape index (κ1) is 22.5. The standard InChI is InChI=1S/C20H28N2O4S2/c1-4-5-6-15-20(22-21,27(23,24)18-11-7-16(2)8-12-18)28(25,26)19-13-9-17(3)10-14-19/h7-14,22H,4-6,15,21H2,1-3H3. The third-order valence-corrected chi connectivity index (χ3v) is 10.3. The second-order valence-electron chi connectivity index (χ2n) is 6.99. The SMILES string of the molecule is CCCCCC(NN)(S(=O)(=O)c1ccc(C)cc1)S(=O)(=O)c1ccc(C)cc1. The van der Waals surface area contributed by atoms with Crippen LogP contribution in [0.4, 0.5) is 0 Å². The third-order valence-electron chi connectivity index (χ3n) is 4.86. The molecule has 0 aliphatic rings. The molecule has 0 spiro atoms. The highest BCUT2D eigenvalue weighted by molar-refractivity contribution is 8.10. The van der Waals surface area contributed by atoms with Gasteiger partial charge < -0.3 is 0 Å². The summed E-state index contributed by atoms with van der Waals surface area (Å²) in [6.07, 6.45) is 1.76. The molecule has 0 atom stereocenters. The minimum Gasteiger partial charge on any atom is -0.269 e. The zero-order valence-electron chi connectivity index (χ0n) is 16.5. The fourth-order valence-corrected chi connectivity index (χ4v) is 7.68. The van der Waals surface area contributed by atoms with E-state index in [4.69, 9.17) is 5.84 Å². The van der Waals surface area contributed by atoms with Crippen LogP contribution in [-0.2, 0) is 19.7 Å². The minimum absolute atomic E-state index is 0.0803. The number of aryl methyl sites for hydroxylation is 2. The first-order valence-corrected chi connectivity index (χ1v) is 12.2. The fraction of sp³-hybridized carbons (Fsp3) is 0.400. The van der Waals surface area contributed by atoms with Gasteiger partial charge in [-0.2, -0.15) is 0 Å². The van der Waals surface area contributed by atoms with Gasteiger partial charge in [-0.15, -0.1) is 0 Å². The van der Waals surface area contributed by atoms with Crippen LogP contribution in [0.25, 0.3) is 0 Å². The number of sulfone groups is 2. The normalized spacial score (nSPS) is 12.9. The number of nitrogens with two attached hydrogens (primary N) is 1. The van der Waals surface area contributed by atoms with Crippen molar-refractivity contribution in [2.24, 2.45) is 5.84 Å². The summed E-state index contributed by atoms with van der Waals surface area (Å²) in [5, 5.41) is 0. The fourth-order valence-electron chi connectivity index (χ4n) is 3.06. The largest absolute Gasteiger partial charge is 0.269 e. The van der Waals surface area contributed by atoms with Gasteiger partial charge in [0.05, 0.1) is 9.79 Å². The average molecular weight is 425 g/mol. The number of hydrogen-bond acceptors (Lipinski definition) is 6. The summed E-state index contributed by atoms with van der Waals surface area (Å²) in [7, 11) is -8.70. The number of unbranched alkanes of at least 4 members (excludes halogenated alkanes) is 2. The summed E-state index contributed by atoms with van der Waals surface area (Å²) in [6, 6.07) is 12.2. The Hall–Kier alpha value is -1.74. The molecular formula is C20H28N2O4S2. The van der Waals surface area contributed by atoms with Gasteiger partial charge in [-0.1, -0.05) is 55.2 Å². The number of hydrazine groups is 1. The second-order valence-corrected chi connectivity index (χ2v) is 11.6. The average Bonchev–Trinajstić information content (AvgIpc) is 2.65. The zero-order chi connectivity index (χ0) is 21.0. The van der Waals surface area contributed by atoms with Crippen molar-refractivity contribution in [3.05, 3.63) is 59.7 Å². The smallest absolute Gasteiger partial charge is 0.244 e. The Balaban J connectivity index is 2.71. The van der Waals surface area contributed by atoms with Gasteiger partial charge >= 0.3 is 0 Å². The third kappa shape index (κ3) is 4.00. The van der Waals surface area contributed by atoms with Crippen molar-refractivity contribution in [1.29, 1.82) is 0 Å². The van der Waals surface area contributed by atoms with E-state index < -0.39 is 23.9 Å². The Bertz CT molecular complexity index is 922. The van der Waals surface area contributed by atoms with Crippen LogP contribution < -0.4 is 11.3 Å². The van der Waals surface area contributed by atoms with Crippen LogP contribution in [0, 0.1) is 13.8 Å².